The van der Waals surface area contributed by atoms with Gasteiger partial charge in [0.05, 0.1) is 14.2 Å². The molecule has 0 spiro atoms. The minimum absolute atomic E-state index is 0.481. The van der Waals surface area contributed by atoms with Gasteiger partial charge in [0.15, 0.2) is 5.92 Å². The zero-order valence-corrected chi connectivity index (χ0v) is 12.5. The van der Waals surface area contributed by atoms with E-state index in [0.717, 1.165) is 11.1 Å². The van der Waals surface area contributed by atoms with Gasteiger partial charge >= 0.3 is 11.9 Å². The number of carbonyl (C=O) groups excluding carboxylic acids is 2. The molecule has 0 saturated heterocycles. The second-order valence-electron chi connectivity index (χ2n) is 4.58. The highest BCUT2D eigenvalue weighted by molar-refractivity contribution is 5.96. The molecule has 4 heteroatoms. The van der Waals surface area contributed by atoms with E-state index in [-0.39, 0.29) is 0 Å². The molecule has 112 valence electrons. The second-order valence-corrected chi connectivity index (χ2v) is 4.58. The molecule has 1 rings (SSSR count). The minimum Gasteiger partial charge on any atom is -0.468 e. The van der Waals surface area contributed by atoms with Crippen LogP contribution in [-0.4, -0.2) is 26.2 Å². The number of hydrogen-bond donors (Lipinski definition) is 0. The molecule has 0 N–H and O–H groups in total. The van der Waals surface area contributed by atoms with Gasteiger partial charge in [-0.15, -0.1) is 6.58 Å². The Labute approximate surface area is 125 Å². The van der Waals surface area contributed by atoms with Crippen molar-refractivity contribution < 1.29 is 19.1 Å². The Morgan fingerprint density at radius 2 is 1.62 bits per heavy atom. The van der Waals surface area contributed by atoms with Crippen LogP contribution < -0.4 is 0 Å². The van der Waals surface area contributed by atoms with E-state index in [4.69, 9.17) is 9.47 Å². The Balaban J connectivity index is 3.13. The van der Waals surface area contributed by atoms with Gasteiger partial charge in [-0.1, -0.05) is 48.1 Å². The summed E-state index contributed by atoms with van der Waals surface area (Å²) < 4.78 is 9.41. The molecule has 0 aromatic heterocycles. The predicted molar refractivity (Wildman–Crippen MR) is 81.3 cm³/mol. The number of methoxy groups -OCH3 is 2. The highest BCUT2D eigenvalue weighted by atomic mass is 16.5. The van der Waals surface area contributed by atoms with E-state index in [1.807, 2.05) is 43.3 Å². The molecule has 0 saturated carbocycles. The molecule has 0 aliphatic carbocycles. The first-order chi connectivity index (χ1) is 10.0. The van der Waals surface area contributed by atoms with Gasteiger partial charge < -0.3 is 9.47 Å². The lowest BCUT2D eigenvalue weighted by Gasteiger charge is -2.21. The Hall–Kier alpha value is -2.36. The van der Waals surface area contributed by atoms with E-state index in [1.165, 1.54) is 14.2 Å². The summed E-state index contributed by atoms with van der Waals surface area (Å²) in [6, 6.07) is 9.63. The van der Waals surface area contributed by atoms with E-state index in [0.29, 0.717) is 0 Å². The first kappa shape index (κ1) is 16.7. The van der Waals surface area contributed by atoms with Crippen LogP contribution in [0.2, 0.25) is 0 Å². The average molecular weight is 288 g/mol. The zero-order valence-electron chi connectivity index (χ0n) is 12.5. The number of allylic oxidation sites excluding steroid dienone is 2. The number of hydrogen-bond acceptors (Lipinski definition) is 4. The molecule has 1 aromatic rings. The van der Waals surface area contributed by atoms with Gasteiger partial charge in [-0.25, -0.2) is 0 Å². The Kier molecular flexibility index (Phi) is 6.40. The van der Waals surface area contributed by atoms with Gasteiger partial charge in [-0.2, -0.15) is 0 Å². The van der Waals surface area contributed by atoms with Crippen LogP contribution in [-0.2, 0) is 19.1 Å². The maximum Gasteiger partial charge on any atom is 0.321 e. The van der Waals surface area contributed by atoms with E-state index < -0.39 is 23.8 Å². The smallest absolute Gasteiger partial charge is 0.321 e. The fraction of sp³-hybridized carbons (Fsp3) is 0.294. The van der Waals surface area contributed by atoms with Crippen LogP contribution >= 0.6 is 0 Å². The fourth-order valence-corrected chi connectivity index (χ4v) is 2.14. The number of benzene rings is 1. The standard InChI is InChI=1S/C17H20O4/c1-5-14(15(16(18)20-3)17(19)21-4)12(2)11-13-9-7-6-8-10-13/h5-11,14-15H,1H2,2-4H3/b12-11+. The van der Waals surface area contributed by atoms with Crippen molar-refractivity contribution in [1.29, 1.82) is 0 Å². The van der Waals surface area contributed by atoms with Gasteiger partial charge in [0, 0.05) is 5.92 Å². The van der Waals surface area contributed by atoms with Gasteiger partial charge in [-0.3, -0.25) is 9.59 Å². The largest absolute Gasteiger partial charge is 0.468 e. The molecule has 0 heterocycles. The fourth-order valence-electron chi connectivity index (χ4n) is 2.14. The summed E-state index contributed by atoms with van der Waals surface area (Å²) in [4.78, 5) is 23.7. The summed E-state index contributed by atoms with van der Waals surface area (Å²) in [6.45, 7) is 5.57. The molecule has 21 heavy (non-hydrogen) atoms. The summed E-state index contributed by atoms with van der Waals surface area (Å²) >= 11 is 0. The van der Waals surface area contributed by atoms with Crippen molar-refractivity contribution in [3.05, 3.63) is 54.1 Å². The zero-order chi connectivity index (χ0) is 15.8. The SMILES string of the molecule is C=CC(/C(C)=C/c1ccccc1)C(C(=O)OC)C(=O)OC. The van der Waals surface area contributed by atoms with E-state index >= 15 is 0 Å². The molecule has 4 nitrogen and oxygen atoms in total. The minimum atomic E-state index is -1.04. The maximum absolute atomic E-state index is 11.9. The lowest BCUT2D eigenvalue weighted by Crippen LogP contribution is -2.33. The molecule has 0 aliphatic heterocycles. The third kappa shape index (κ3) is 4.31. The third-order valence-electron chi connectivity index (χ3n) is 3.24. The van der Waals surface area contributed by atoms with Crippen molar-refractivity contribution in [2.45, 2.75) is 6.92 Å². The number of carbonyl (C=O) groups is 2. The molecule has 0 aliphatic rings. The highest BCUT2D eigenvalue weighted by Crippen LogP contribution is 2.26. The van der Waals surface area contributed by atoms with Crippen LogP contribution in [0.4, 0.5) is 0 Å². The molecule has 1 unspecified atom stereocenters. The molecule has 1 aromatic carbocycles. The van der Waals surface area contributed by atoms with Crippen LogP contribution in [0.1, 0.15) is 12.5 Å². The van der Waals surface area contributed by atoms with Crippen LogP contribution in [0, 0.1) is 11.8 Å². The van der Waals surface area contributed by atoms with Crippen molar-refractivity contribution in [2.75, 3.05) is 14.2 Å². The third-order valence-corrected chi connectivity index (χ3v) is 3.24. The van der Waals surface area contributed by atoms with Crippen LogP contribution in [0.25, 0.3) is 6.08 Å². The molecule has 0 fully saturated rings. The molecule has 0 radical (unpaired) electrons. The van der Waals surface area contributed by atoms with Gasteiger partial charge in [-0.05, 0) is 12.5 Å². The number of rotatable bonds is 6. The molecule has 0 bridgehead atoms. The van der Waals surface area contributed by atoms with Gasteiger partial charge in [0.1, 0.15) is 0 Å². The van der Waals surface area contributed by atoms with Crippen LogP contribution in [0.5, 0.6) is 0 Å². The quantitative estimate of drug-likeness (QED) is 0.459. The Morgan fingerprint density at radius 1 is 1.10 bits per heavy atom. The van der Waals surface area contributed by atoms with Gasteiger partial charge in [0.25, 0.3) is 0 Å². The average Bonchev–Trinajstić information content (AvgIpc) is 2.51. The van der Waals surface area contributed by atoms with E-state index in [2.05, 4.69) is 6.58 Å². The molecular formula is C17H20O4. The van der Waals surface area contributed by atoms with Crippen molar-refractivity contribution in [3.63, 3.8) is 0 Å². The highest BCUT2D eigenvalue weighted by Gasteiger charge is 2.36. The van der Waals surface area contributed by atoms with Crippen LogP contribution in [0.15, 0.2) is 48.6 Å². The second kappa shape index (κ2) is 8.04. The van der Waals surface area contributed by atoms with E-state index in [9.17, 15) is 9.59 Å². The first-order valence-electron chi connectivity index (χ1n) is 6.56. The van der Waals surface area contributed by atoms with Crippen molar-refractivity contribution in [3.8, 4) is 0 Å². The Bertz CT molecular complexity index is 515. The van der Waals surface area contributed by atoms with Crippen molar-refractivity contribution in [1.82, 2.24) is 0 Å². The Morgan fingerprint density at radius 3 is 2.05 bits per heavy atom. The lowest BCUT2D eigenvalue weighted by molar-refractivity contribution is -0.160. The number of esters is 2. The summed E-state index contributed by atoms with van der Waals surface area (Å²) in [5.41, 5.74) is 1.81. The molecule has 0 amide bonds. The van der Waals surface area contributed by atoms with Crippen molar-refractivity contribution in [2.24, 2.45) is 11.8 Å². The summed E-state index contributed by atoms with van der Waals surface area (Å²) in [6.07, 6.45) is 3.47. The summed E-state index contributed by atoms with van der Waals surface area (Å²) in [5.74, 6) is -2.79. The summed E-state index contributed by atoms with van der Waals surface area (Å²) in [5, 5.41) is 0. The topological polar surface area (TPSA) is 52.6 Å². The predicted octanol–water partition coefficient (Wildman–Crippen LogP) is 2.85. The van der Waals surface area contributed by atoms with Crippen molar-refractivity contribution >= 4 is 18.0 Å². The first-order valence-corrected chi connectivity index (χ1v) is 6.56. The monoisotopic (exact) mass is 288 g/mol. The van der Waals surface area contributed by atoms with E-state index in [1.54, 1.807) is 6.08 Å². The lowest BCUT2D eigenvalue weighted by atomic mass is 9.85. The normalized spacial score (nSPS) is 12.7. The van der Waals surface area contributed by atoms with Crippen LogP contribution in [0.3, 0.4) is 0 Å². The number of ether oxygens (including phenoxy) is 2. The molecular weight excluding hydrogens is 268 g/mol. The molecule has 1 atom stereocenters. The van der Waals surface area contributed by atoms with Gasteiger partial charge in [0.2, 0.25) is 0 Å². The maximum atomic E-state index is 11.9. The summed E-state index contributed by atoms with van der Waals surface area (Å²) in [7, 11) is 2.49.